The van der Waals surface area contributed by atoms with Gasteiger partial charge in [0.15, 0.2) is 5.82 Å². The molecule has 0 radical (unpaired) electrons. The van der Waals surface area contributed by atoms with E-state index in [1.165, 1.54) is 12.1 Å². The molecule has 0 amide bonds. The number of tetrazole rings is 1. The van der Waals surface area contributed by atoms with Gasteiger partial charge in [0, 0.05) is 6.04 Å². The summed E-state index contributed by atoms with van der Waals surface area (Å²) >= 11 is 0. The Kier molecular flexibility index (Phi) is 7.02. The van der Waals surface area contributed by atoms with E-state index in [1.807, 2.05) is 75.4 Å². The highest BCUT2D eigenvalue weighted by atomic mass is 19.1. The summed E-state index contributed by atoms with van der Waals surface area (Å²) in [4.78, 5) is 11.7. The predicted octanol–water partition coefficient (Wildman–Crippen LogP) is 5.13. The standard InChI is InChI=1S/C27H28FN5O2/c1-27(2,3)33-26(30-31-32-33)25(21-11-9-19(10-12-21)18-7-5-4-6-8-18)29-23(17-24(34)35)20-13-15-22(28)16-14-20/h4-16,23,25,29H,17H2,1-3H3,(H,34,35). The van der Waals surface area contributed by atoms with Crippen molar-refractivity contribution in [2.75, 3.05) is 0 Å². The highest BCUT2D eigenvalue weighted by molar-refractivity contribution is 5.68. The van der Waals surface area contributed by atoms with Crippen LogP contribution in [0.3, 0.4) is 0 Å². The number of aromatic nitrogens is 4. The van der Waals surface area contributed by atoms with E-state index in [0.29, 0.717) is 11.4 Å². The Balaban J connectivity index is 1.76. The number of aliphatic carboxylic acids is 1. The molecule has 4 rings (SSSR count). The van der Waals surface area contributed by atoms with Crippen LogP contribution in [0.25, 0.3) is 11.1 Å². The van der Waals surface area contributed by atoms with Crippen LogP contribution in [-0.4, -0.2) is 31.3 Å². The number of carbonyl (C=O) groups is 1. The van der Waals surface area contributed by atoms with Gasteiger partial charge < -0.3 is 5.11 Å². The molecular formula is C27H28FN5O2. The lowest BCUT2D eigenvalue weighted by Crippen LogP contribution is -2.34. The minimum Gasteiger partial charge on any atom is -0.481 e. The summed E-state index contributed by atoms with van der Waals surface area (Å²) in [6, 6.07) is 22.8. The molecule has 2 atom stereocenters. The molecule has 0 fully saturated rings. The zero-order chi connectivity index (χ0) is 25.0. The Bertz CT molecular complexity index is 1270. The maximum Gasteiger partial charge on any atom is 0.305 e. The summed E-state index contributed by atoms with van der Waals surface area (Å²) in [5.74, 6) is -0.796. The molecular weight excluding hydrogens is 445 g/mol. The second-order valence-corrected chi connectivity index (χ2v) is 9.41. The van der Waals surface area contributed by atoms with Crippen LogP contribution < -0.4 is 5.32 Å². The van der Waals surface area contributed by atoms with Crippen molar-refractivity contribution in [3.63, 3.8) is 0 Å². The van der Waals surface area contributed by atoms with Crippen molar-refractivity contribution in [1.82, 2.24) is 25.5 Å². The number of rotatable bonds is 8. The molecule has 0 spiro atoms. The lowest BCUT2D eigenvalue weighted by Gasteiger charge is -2.28. The normalized spacial score (nSPS) is 13.4. The molecule has 0 saturated heterocycles. The van der Waals surface area contributed by atoms with Gasteiger partial charge in [0.2, 0.25) is 0 Å². The molecule has 0 aliphatic carbocycles. The third-order valence-corrected chi connectivity index (χ3v) is 5.76. The molecule has 0 bridgehead atoms. The quantitative estimate of drug-likeness (QED) is 0.369. The van der Waals surface area contributed by atoms with Crippen molar-refractivity contribution in [3.8, 4) is 11.1 Å². The van der Waals surface area contributed by atoms with Gasteiger partial charge in [-0.25, -0.2) is 9.07 Å². The number of nitrogens with one attached hydrogen (secondary N) is 1. The minimum absolute atomic E-state index is 0.193. The summed E-state index contributed by atoms with van der Waals surface area (Å²) in [5, 5.41) is 25.5. The smallest absolute Gasteiger partial charge is 0.305 e. The predicted molar refractivity (Wildman–Crippen MR) is 131 cm³/mol. The van der Waals surface area contributed by atoms with Gasteiger partial charge in [0.25, 0.3) is 0 Å². The SMILES string of the molecule is CC(C)(C)n1nnnc1C(NC(CC(=O)O)c1ccc(F)cc1)c1ccc(-c2ccccc2)cc1. The first kappa shape index (κ1) is 24.2. The number of benzene rings is 3. The highest BCUT2D eigenvalue weighted by Crippen LogP contribution is 2.30. The van der Waals surface area contributed by atoms with Crippen molar-refractivity contribution in [3.05, 3.63) is 102 Å². The van der Waals surface area contributed by atoms with Crippen molar-refractivity contribution in [2.45, 2.75) is 44.8 Å². The van der Waals surface area contributed by atoms with Gasteiger partial charge in [0.05, 0.1) is 18.0 Å². The van der Waals surface area contributed by atoms with Crippen LogP contribution in [-0.2, 0) is 10.3 Å². The van der Waals surface area contributed by atoms with E-state index in [0.717, 1.165) is 16.7 Å². The first-order valence-corrected chi connectivity index (χ1v) is 11.4. The van der Waals surface area contributed by atoms with Gasteiger partial charge in [-0.2, -0.15) is 0 Å². The summed E-state index contributed by atoms with van der Waals surface area (Å²) < 4.78 is 15.3. The molecule has 2 N–H and O–H groups in total. The zero-order valence-electron chi connectivity index (χ0n) is 19.9. The molecule has 8 heteroatoms. The van der Waals surface area contributed by atoms with E-state index >= 15 is 0 Å². The first-order valence-electron chi connectivity index (χ1n) is 11.4. The lowest BCUT2D eigenvalue weighted by atomic mass is 9.97. The van der Waals surface area contributed by atoms with Crippen molar-refractivity contribution < 1.29 is 14.3 Å². The van der Waals surface area contributed by atoms with E-state index in [4.69, 9.17) is 0 Å². The molecule has 35 heavy (non-hydrogen) atoms. The van der Waals surface area contributed by atoms with Crippen LogP contribution in [0.4, 0.5) is 4.39 Å². The van der Waals surface area contributed by atoms with E-state index in [1.54, 1.807) is 16.8 Å². The molecule has 1 aromatic heterocycles. The molecule has 0 aliphatic rings. The number of halogens is 1. The van der Waals surface area contributed by atoms with Gasteiger partial charge >= 0.3 is 5.97 Å². The maximum absolute atomic E-state index is 13.6. The van der Waals surface area contributed by atoms with Crippen LogP contribution in [0.2, 0.25) is 0 Å². The zero-order valence-corrected chi connectivity index (χ0v) is 19.9. The second-order valence-electron chi connectivity index (χ2n) is 9.41. The van der Waals surface area contributed by atoms with E-state index in [2.05, 4.69) is 20.8 Å². The Morgan fingerprint density at radius 3 is 2.14 bits per heavy atom. The Hall–Kier alpha value is -3.91. The molecule has 3 aromatic carbocycles. The number of carboxylic acids is 1. The third-order valence-electron chi connectivity index (χ3n) is 5.76. The van der Waals surface area contributed by atoms with Gasteiger partial charge in [-0.15, -0.1) is 5.10 Å². The van der Waals surface area contributed by atoms with E-state index in [-0.39, 0.29) is 12.2 Å². The van der Waals surface area contributed by atoms with Gasteiger partial charge in [-0.1, -0.05) is 66.7 Å². The molecule has 4 aromatic rings. The van der Waals surface area contributed by atoms with Crippen LogP contribution in [0.1, 0.15) is 56.2 Å². The van der Waals surface area contributed by atoms with E-state index in [9.17, 15) is 14.3 Å². The average Bonchev–Trinajstić information content (AvgIpc) is 3.33. The number of nitrogens with zero attached hydrogens (tertiary/aromatic N) is 4. The third kappa shape index (κ3) is 5.78. The fraction of sp³-hybridized carbons (Fsp3) is 0.259. The van der Waals surface area contributed by atoms with Crippen LogP contribution in [0.15, 0.2) is 78.9 Å². The Labute approximate surface area is 203 Å². The molecule has 1 heterocycles. The number of hydrogen-bond donors (Lipinski definition) is 2. The van der Waals surface area contributed by atoms with Crippen LogP contribution >= 0.6 is 0 Å². The molecule has 180 valence electrons. The monoisotopic (exact) mass is 473 g/mol. The Morgan fingerprint density at radius 1 is 0.943 bits per heavy atom. The first-order chi connectivity index (χ1) is 16.7. The summed E-state index contributed by atoms with van der Waals surface area (Å²) in [7, 11) is 0. The molecule has 0 saturated carbocycles. The number of carboxylic acid groups (broad SMARTS) is 1. The largest absolute Gasteiger partial charge is 0.481 e. The van der Waals surface area contributed by atoms with Gasteiger partial charge in [0.1, 0.15) is 5.82 Å². The highest BCUT2D eigenvalue weighted by Gasteiger charge is 2.30. The maximum atomic E-state index is 13.6. The fourth-order valence-corrected chi connectivity index (χ4v) is 4.01. The summed E-state index contributed by atoms with van der Waals surface area (Å²) in [6.07, 6.45) is -0.193. The van der Waals surface area contributed by atoms with Gasteiger partial charge in [-0.05, 0) is 65.6 Å². The summed E-state index contributed by atoms with van der Waals surface area (Å²) in [6.45, 7) is 5.99. The van der Waals surface area contributed by atoms with E-state index < -0.39 is 23.6 Å². The molecule has 2 unspecified atom stereocenters. The van der Waals surface area contributed by atoms with Crippen LogP contribution in [0, 0.1) is 5.82 Å². The minimum atomic E-state index is -0.972. The fourth-order valence-electron chi connectivity index (χ4n) is 4.01. The van der Waals surface area contributed by atoms with Crippen molar-refractivity contribution in [1.29, 1.82) is 0 Å². The second kappa shape index (κ2) is 10.1. The molecule has 0 aliphatic heterocycles. The summed E-state index contributed by atoms with van der Waals surface area (Å²) in [5.41, 5.74) is 3.29. The van der Waals surface area contributed by atoms with Gasteiger partial charge in [-0.3, -0.25) is 10.1 Å². The lowest BCUT2D eigenvalue weighted by molar-refractivity contribution is -0.137. The topological polar surface area (TPSA) is 92.9 Å². The van der Waals surface area contributed by atoms with Crippen molar-refractivity contribution in [2.24, 2.45) is 0 Å². The Morgan fingerprint density at radius 2 is 1.54 bits per heavy atom. The molecule has 7 nitrogen and oxygen atoms in total. The number of hydrogen-bond acceptors (Lipinski definition) is 5. The van der Waals surface area contributed by atoms with Crippen molar-refractivity contribution >= 4 is 5.97 Å². The van der Waals surface area contributed by atoms with Crippen LogP contribution in [0.5, 0.6) is 0 Å². The average molecular weight is 474 g/mol.